The van der Waals surface area contributed by atoms with Crippen LogP contribution in [0.2, 0.25) is 0 Å². The largest absolute Gasteiger partial charge is 0.469 e. The average molecular weight is 261 g/mol. The van der Waals surface area contributed by atoms with Crippen molar-refractivity contribution in [1.82, 2.24) is 4.90 Å². The predicted molar refractivity (Wildman–Crippen MR) is 76.0 cm³/mol. The van der Waals surface area contributed by atoms with Gasteiger partial charge in [-0.15, -0.1) is 0 Å². The second-order valence-corrected chi connectivity index (χ2v) is 5.86. The Morgan fingerprint density at radius 1 is 1.26 bits per heavy atom. The lowest BCUT2D eigenvalue weighted by Crippen LogP contribution is -2.34. The van der Waals surface area contributed by atoms with Crippen LogP contribution in [0, 0.1) is 19.3 Å². The van der Waals surface area contributed by atoms with E-state index in [4.69, 9.17) is 4.74 Å². The van der Waals surface area contributed by atoms with E-state index >= 15 is 0 Å². The molecule has 3 nitrogen and oxygen atoms in total. The molecule has 19 heavy (non-hydrogen) atoms. The van der Waals surface area contributed by atoms with Gasteiger partial charge in [-0.3, -0.25) is 4.79 Å². The van der Waals surface area contributed by atoms with Crippen LogP contribution >= 0.6 is 0 Å². The molecule has 0 N–H and O–H groups in total. The molecule has 104 valence electrons. The quantitative estimate of drug-likeness (QED) is 0.781. The highest BCUT2D eigenvalue weighted by atomic mass is 16.5. The van der Waals surface area contributed by atoms with E-state index in [1.54, 1.807) is 0 Å². The van der Waals surface area contributed by atoms with E-state index in [0.29, 0.717) is 0 Å². The van der Waals surface area contributed by atoms with E-state index in [1.165, 1.54) is 23.8 Å². The van der Waals surface area contributed by atoms with Crippen LogP contribution in [0.4, 0.5) is 0 Å². The van der Waals surface area contributed by atoms with Crippen LogP contribution in [0.5, 0.6) is 0 Å². The second-order valence-electron chi connectivity index (χ2n) is 5.86. The van der Waals surface area contributed by atoms with Gasteiger partial charge in [-0.2, -0.15) is 0 Å². The Kier molecular flexibility index (Phi) is 3.68. The average Bonchev–Trinajstić information content (AvgIpc) is 3.14. The molecule has 1 atom stereocenters. The molecule has 1 saturated carbocycles. The van der Waals surface area contributed by atoms with Crippen LogP contribution < -0.4 is 0 Å². The van der Waals surface area contributed by atoms with Gasteiger partial charge in [0, 0.05) is 0 Å². The van der Waals surface area contributed by atoms with Crippen molar-refractivity contribution in [2.45, 2.75) is 32.7 Å². The van der Waals surface area contributed by atoms with Gasteiger partial charge >= 0.3 is 5.97 Å². The maximum atomic E-state index is 12.1. The third-order valence-corrected chi connectivity index (χ3v) is 4.27. The van der Waals surface area contributed by atoms with Gasteiger partial charge in [-0.1, -0.05) is 18.2 Å². The molecule has 1 fully saturated rings. The summed E-state index contributed by atoms with van der Waals surface area (Å²) >= 11 is 0. The molecule has 0 amide bonds. The van der Waals surface area contributed by atoms with Crippen LogP contribution in [0.3, 0.4) is 0 Å². The van der Waals surface area contributed by atoms with Crippen molar-refractivity contribution in [2.75, 3.05) is 21.2 Å². The van der Waals surface area contributed by atoms with Gasteiger partial charge in [-0.05, 0) is 57.5 Å². The standard InChI is InChI=1S/C16H23NO2/c1-11-6-7-13(10-12(11)2)14(17(3)4)16(8-9-16)15(18)19-5/h6-7,10,14H,8-9H2,1-5H3. The third-order valence-electron chi connectivity index (χ3n) is 4.27. The Hall–Kier alpha value is -1.35. The van der Waals surface area contributed by atoms with E-state index < -0.39 is 0 Å². The SMILES string of the molecule is COC(=O)C1(C(c2ccc(C)c(C)c2)N(C)C)CC1. The normalized spacial score (nSPS) is 18.2. The van der Waals surface area contributed by atoms with Crippen LogP contribution in [-0.2, 0) is 9.53 Å². The van der Waals surface area contributed by atoms with E-state index in [1.807, 2.05) is 14.1 Å². The molecular formula is C16H23NO2. The first-order chi connectivity index (χ1) is 8.92. The molecule has 1 aliphatic carbocycles. The minimum absolute atomic E-state index is 0.0792. The molecule has 0 spiro atoms. The maximum absolute atomic E-state index is 12.1. The summed E-state index contributed by atoms with van der Waals surface area (Å²) in [4.78, 5) is 14.3. The topological polar surface area (TPSA) is 29.5 Å². The van der Waals surface area contributed by atoms with E-state index in [2.05, 4.69) is 36.9 Å². The summed E-state index contributed by atoms with van der Waals surface area (Å²) in [5, 5.41) is 0. The number of aryl methyl sites for hydroxylation is 2. The molecule has 3 heteroatoms. The van der Waals surface area contributed by atoms with Crippen molar-refractivity contribution in [3.05, 3.63) is 34.9 Å². The predicted octanol–water partition coefficient (Wildman–Crippen LogP) is 2.86. The summed E-state index contributed by atoms with van der Waals surface area (Å²) < 4.78 is 5.02. The first-order valence-electron chi connectivity index (χ1n) is 6.74. The fraction of sp³-hybridized carbons (Fsp3) is 0.562. The zero-order valence-electron chi connectivity index (χ0n) is 12.5. The number of nitrogens with zero attached hydrogens (tertiary/aromatic N) is 1. The summed E-state index contributed by atoms with van der Waals surface area (Å²) in [6.07, 6.45) is 1.82. The van der Waals surface area contributed by atoms with Crippen molar-refractivity contribution in [3.8, 4) is 0 Å². The molecular weight excluding hydrogens is 238 g/mol. The molecule has 0 aromatic heterocycles. The zero-order chi connectivity index (χ0) is 14.2. The van der Waals surface area contributed by atoms with Gasteiger partial charge < -0.3 is 9.64 Å². The lowest BCUT2D eigenvalue weighted by Gasteiger charge is -2.31. The Balaban J connectivity index is 2.41. The molecule has 1 unspecified atom stereocenters. The van der Waals surface area contributed by atoms with Crippen LogP contribution in [0.1, 0.15) is 35.6 Å². The highest BCUT2D eigenvalue weighted by molar-refractivity contribution is 5.81. The Bertz CT molecular complexity index is 490. The molecule has 0 radical (unpaired) electrons. The van der Waals surface area contributed by atoms with Crippen molar-refractivity contribution >= 4 is 5.97 Å². The van der Waals surface area contributed by atoms with Crippen LogP contribution in [0.25, 0.3) is 0 Å². The lowest BCUT2D eigenvalue weighted by molar-refractivity contribution is -0.150. The second kappa shape index (κ2) is 4.97. The fourth-order valence-electron chi connectivity index (χ4n) is 2.97. The summed E-state index contributed by atoms with van der Waals surface area (Å²) in [7, 11) is 5.54. The highest BCUT2D eigenvalue weighted by Crippen LogP contribution is 2.57. The number of hydrogen-bond donors (Lipinski definition) is 0. The smallest absolute Gasteiger partial charge is 0.313 e. The van der Waals surface area contributed by atoms with Gasteiger partial charge in [0.05, 0.1) is 18.6 Å². The number of ether oxygens (including phenoxy) is 1. The van der Waals surface area contributed by atoms with Crippen LogP contribution in [-0.4, -0.2) is 32.1 Å². The van der Waals surface area contributed by atoms with E-state index in [0.717, 1.165) is 12.8 Å². The van der Waals surface area contributed by atoms with Gasteiger partial charge in [0.2, 0.25) is 0 Å². The maximum Gasteiger partial charge on any atom is 0.313 e. The first-order valence-corrected chi connectivity index (χ1v) is 6.74. The van der Waals surface area contributed by atoms with Gasteiger partial charge in [0.25, 0.3) is 0 Å². The number of methoxy groups -OCH3 is 1. The van der Waals surface area contributed by atoms with Gasteiger partial charge in [-0.25, -0.2) is 0 Å². The molecule has 1 aromatic rings. The Labute approximate surface area is 115 Å². The first kappa shape index (κ1) is 14.1. The van der Waals surface area contributed by atoms with Crippen molar-refractivity contribution in [3.63, 3.8) is 0 Å². The monoisotopic (exact) mass is 261 g/mol. The molecule has 0 aliphatic heterocycles. The molecule has 0 bridgehead atoms. The Morgan fingerprint density at radius 3 is 2.32 bits per heavy atom. The summed E-state index contributed by atoms with van der Waals surface area (Å²) in [6.45, 7) is 4.22. The zero-order valence-corrected chi connectivity index (χ0v) is 12.5. The molecule has 0 heterocycles. The van der Waals surface area contributed by atoms with Crippen molar-refractivity contribution in [2.24, 2.45) is 5.41 Å². The molecule has 2 rings (SSSR count). The number of carbonyl (C=O) groups is 1. The van der Waals surface area contributed by atoms with Gasteiger partial charge in [0.15, 0.2) is 0 Å². The third kappa shape index (κ3) is 2.39. The summed E-state index contributed by atoms with van der Waals surface area (Å²) in [6, 6.07) is 6.56. The molecule has 1 aromatic carbocycles. The molecule has 1 aliphatic rings. The van der Waals surface area contributed by atoms with E-state index in [9.17, 15) is 4.79 Å². The minimum Gasteiger partial charge on any atom is -0.469 e. The minimum atomic E-state index is -0.347. The number of carbonyl (C=O) groups excluding carboxylic acids is 1. The fourth-order valence-corrected chi connectivity index (χ4v) is 2.97. The number of benzene rings is 1. The Morgan fingerprint density at radius 2 is 1.89 bits per heavy atom. The number of hydrogen-bond acceptors (Lipinski definition) is 3. The van der Waals surface area contributed by atoms with Gasteiger partial charge in [0.1, 0.15) is 0 Å². The van der Waals surface area contributed by atoms with E-state index in [-0.39, 0.29) is 17.4 Å². The van der Waals surface area contributed by atoms with Crippen LogP contribution in [0.15, 0.2) is 18.2 Å². The highest BCUT2D eigenvalue weighted by Gasteiger charge is 2.58. The van der Waals surface area contributed by atoms with Crippen molar-refractivity contribution in [1.29, 1.82) is 0 Å². The summed E-state index contributed by atoms with van der Waals surface area (Å²) in [5.74, 6) is -0.0792. The summed E-state index contributed by atoms with van der Waals surface area (Å²) in [5.41, 5.74) is 3.41. The van der Waals surface area contributed by atoms with Crippen molar-refractivity contribution < 1.29 is 9.53 Å². The lowest BCUT2D eigenvalue weighted by atomic mass is 9.87. The molecule has 0 saturated heterocycles. The number of esters is 1. The number of rotatable bonds is 4.